The number of hydrogen-bond donors (Lipinski definition) is 0. The predicted molar refractivity (Wildman–Crippen MR) is 179 cm³/mol. The maximum absolute atomic E-state index is 14.5. The Hall–Kier alpha value is -2.56. The van der Waals surface area contributed by atoms with Crippen LogP contribution in [0.15, 0.2) is 35.4 Å². The minimum atomic E-state index is -1.23. The van der Waals surface area contributed by atoms with Crippen LogP contribution in [0.3, 0.4) is 0 Å². The lowest BCUT2D eigenvalue weighted by molar-refractivity contribution is -0.192. The lowest BCUT2D eigenvalue weighted by Gasteiger charge is -2.71. The average Bonchev–Trinajstić information content (AvgIpc) is 3.01. The predicted octanol–water partition coefficient (Wildman–Crippen LogP) is 9.10. The van der Waals surface area contributed by atoms with Gasteiger partial charge in [0.2, 0.25) is 0 Å². The first kappa shape index (κ1) is 32.4. The van der Waals surface area contributed by atoms with Gasteiger partial charge < -0.3 is 14.2 Å². The summed E-state index contributed by atoms with van der Waals surface area (Å²) in [4.78, 5) is 28.3. The van der Waals surface area contributed by atoms with Gasteiger partial charge in [-0.1, -0.05) is 53.2 Å². The molecule has 0 aromatic heterocycles. The van der Waals surface area contributed by atoms with Gasteiger partial charge in [-0.15, -0.1) is 0 Å². The summed E-state index contributed by atoms with van der Waals surface area (Å²) in [5, 5.41) is 0. The third-order valence-electron chi connectivity index (χ3n) is 15.0. The lowest BCUT2D eigenvalue weighted by atomic mass is 9.33. The second-order valence-electron chi connectivity index (χ2n) is 16.8. The van der Waals surface area contributed by atoms with Crippen molar-refractivity contribution in [2.45, 2.75) is 99.8 Å². The Morgan fingerprint density at radius 1 is 0.867 bits per heavy atom. The molecule has 1 aromatic carbocycles. The smallest absolute Gasteiger partial charge is 0.319 e. The monoisotopic (exact) mass is 616 g/mol. The number of carbonyl (C=O) groups is 2. The summed E-state index contributed by atoms with van der Waals surface area (Å²) < 4.78 is 16.5. The minimum Gasteiger partial charge on any atom is -0.497 e. The van der Waals surface area contributed by atoms with Crippen LogP contribution in [-0.2, 0) is 14.3 Å². The van der Waals surface area contributed by atoms with Crippen LogP contribution in [0.2, 0.25) is 0 Å². The van der Waals surface area contributed by atoms with Gasteiger partial charge in [0.05, 0.1) is 21.3 Å². The number of rotatable bonds is 4. The van der Waals surface area contributed by atoms with E-state index in [1.165, 1.54) is 32.8 Å². The Bertz CT molecular complexity index is 1430. The molecule has 0 heterocycles. The first-order valence-corrected chi connectivity index (χ1v) is 17.4. The van der Waals surface area contributed by atoms with E-state index in [4.69, 9.17) is 14.2 Å². The molecule has 0 amide bonds. The van der Waals surface area contributed by atoms with Crippen LogP contribution in [0.5, 0.6) is 11.5 Å². The SMILES string of the molecule is COC(=O)[C@@]1(C)C(=O)/C(=C/c2cc(OC)cc(OC)c2)C[C@]2(C)[C@H]3CC=C4[C@@H]5[C@@H](C)[C@H](C)CC[C@]5(C)CC[C@@]4(C)[C@]3(C)CC[C@@H]12. The molecule has 0 spiro atoms. The van der Waals surface area contributed by atoms with E-state index in [0.29, 0.717) is 46.7 Å². The molecule has 0 aliphatic heterocycles. The van der Waals surface area contributed by atoms with E-state index in [0.717, 1.165) is 30.7 Å². The fraction of sp³-hybridized carbons (Fsp3) is 0.700. The topological polar surface area (TPSA) is 61.8 Å². The van der Waals surface area contributed by atoms with Gasteiger partial charge in [-0.2, -0.15) is 0 Å². The fourth-order valence-corrected chi connectivity index (χ4v) is 12.1. The number of hydrogen-bond acceptors (Lipinski definition) is 5. The highest BCUT2D eigenvalue weighted by molar-refractivity contribution is 6.15. The van der Waals surface area contributed by atoms with Crippen molar-refractivity contribution >= 4 is 17.8 Å². The summed E-state index contributed by atoms with van der Waals surface area (Å²) >= 11 is 0. The summed E-state index contributed by atoms with van der Waals surface area (Å²) in [7, 11) is 4.70. The second kappa shape index (κ2) is 10.7. The standard InChI is InChI=1S/C40H56O5/c1-24-13-15-36(3)17-18-38(5)30(33(36)25(24)2)11-12-31-37(4)23-27(19-26-20-28(43-8)22-29(21-26)44-9)34(41)40(7,35(42)45-10)32(37)14-16-39(31,38)6/h11,19-22,24-25,31-33H,12-18,23H2,1-10H3/b27-19+/t24-,25+,31-,32-,33+,36-,37-,38-,39-,40-/m1/s1. The van der Waals surface area contributed by atoms with Crippen LogP contribution < -0.4 is 9.47 Å². The zero-order valence-corrected chi connectivity index (χ0v) is 29.5. The quantitative estimate of drug-likeness (QED) is 0.146. The Kier molecular flexibility index (Phi) is 7.73. The molecule has 10 atom stereocenters. The van der Waals surface area contributed by atoms with Crippen LogP contribution in [0.4, 0.5) is 0 Å². The number of fused-ring (bicyclic) bond motifs is 7. The maximum atomic E-state index is 14.5. The third-order valence-corrected chi connectivity index (χ3v) is 15.0. The molecule has 0 N–H and O–H groups in total. The number of carbonyl (C=O) groups excluding carboxylic acids is 2. The average molecular weight is 617 g/mol. The first-order valence-electron chi connectivity index (χ1n) is 17.4. The molecular weight excluding hydrogens is 560 g/mol. The van der Waals surface area contributed by atoms with Crippen molar-refractivity contribution in [1.29, 1.82) is 0 Å². The van der Waals surface area contributed by atoms with Crippen LogP contribution in [0.1, 0.15) is 105 Å². The molecule has 5 aliphatic rings. The third kappa shape index (κ3) is 4.37. The molecule has 5 nitrogen and oxygen atoms in total. The largest absolute Gasteiger partial charge is 0.497 e. The van der Waals surface area contributed by atoms with Crippen molar-refractivity contribution in [2.75, 3.05) is 21.3 Å². The number of Topliss-reactive ketones (excluding diaryl/α,β-unsaturated/α-hetero) is 1. The Labute approximate surface area is 271 Å². The summed E-state index contributed by atoms with van der Waals surface area (Å²) in [6.45, 7) is 17.0. The van der Waals surface area contributed by atoms with E-state index in [2.05, 4.69) is 47.6 Å². The Balaban J connectivity index is 1.48. The van der Waals surface area contributed by atoms with Gasteiger partial charge >= 0.3 is 5.97 Å². The number of esters is 1. The van der Waals surface area contributed by atoms with Gasteiger partial charge in [-0.05, 0) is 139 Å². The molecule has 6 rings (SSSR count). The molecule has 4 saturated carbocycles. The summed E-state index contributed by atoms with van der Waals surface area (Å²) in [5.41, 5.74) is 2.35. The molecule has 5 heteroatoms. The van der Waals surface area contributed by atoms with Gasteiger partial charge in [0.1, 0.15) is 16.9 Å². The number of methoxy groups -OCH3 is 3. The molecule has 0 bridgehead atoms. The molecule has 0 radical (unpaired) electrons. The maximum Gasteiger partial charge on any atom is 0.319 e. The highest BCUT2D eigenvalue weighted by Crippen LogP contribution is 2.75. The number of allylic oxidation sites excluding steroid dienone is 3. The molecule has 4 fully saturated rings. The first-order chi connectivity index (χ1) is 21.1. The number of ketones is 1. The van der Waals surface area contributed by atoms with Crippen molar-refractivity contribution in [3.05, 3.63) is 41.0 Å². The normalized spacial score (nSPS) is 44.9. The van der Waals surface area contributed by atoms with E-state index < -0.39 is 11.4 Å². The van der Waals surface area contributed by atoms with Crippen molar-refractivity contribution in [1.82, 2.24) is 0 Å². The van der Waals surface area contributed by atoms with Crippen molar-refractivity contribution < 1.29 is 23.8 Å². The van der Waals surface area contributed by atoms with Gasteiger partial charge in [0.25, 0.3) is 0 Å². The van der Waals surface area contributed by atoms with E-state index in [-0.39, 0.29) is 27.9 Å². The zero-order valence-electron chi connectivity index (χ0n) is 29.5. The van der Waals surface area contributed by atoms with E-state index in [1.807, 2.05) is 31.2 Å². The molecule has 5 aliphatic carbocycles. The van der Waals surface area contributed by atoms with Crippen LogP contribution >= 0.6 is 0 Å². The van der Waals surface area contributed by atoms with Gasteiger partial charge in [0.15, 0.2) is 5.78 Å². The number of benzene rings is 1. The molecular formula is C40H56O5. The summed E-state index contributed by atoms with van der Waals surface area (Å²) in [6.07, 6.45) is 13.4. The van der Waals surface area contributed by atoms with Gasteiger partial charge in [-0.3, -0.25) is 9.59 Å². The molecule has 45 heavy (non-hydrogen) atoms. The lowest BCUT2D eigenvalue weighted by Crippen LogP contribution is -2.66. The molecule has 246 valence electrons. The fourth-order valence-electron chi connectivity index (χ4n) is 12.1. The van der Waals surface area contributed by atoms with Crippen molar-refractivity contribution in [2.24, 2.45) is 56.7 Å². The highest BCUT2D eigenvalue weighted by Gasteiger charge is 2.70. The summed E-state index contributed by atoms with van der Waals surface area (Å²) in [6, 6.07) is 5.70. The summed E-state index contributed by atoms with van der Waals surface area (Å²) in [5.74, 6) is 3.17. The van der Waals surface area contributed by atoms with Crippen LogP contribution in [0, 0.1) is 56.7 Å². The second-order valence-corrected chi connectivity index (χ2v) is 16.8. The van der Waals surface area contributed by atoms with E-state index >= 15 is 0 Å². The van der Waals surface area contributed by atoms with Crippen molar-refractivity contribution in [3.8, 4) is 11.5 Å². The molecule has 0 unspecified atom stereocenters. The van der Waals surface area contributed by atoms with Crippen molar-refractivity contribution in [3.63, 3.8) is 0 Å². The molecule has 1 aromatic rings. The van der Waals surface area contributed by atoms with Gasteiger partial charge in [-0.25, -0.2) is 0 Å². The Morgan fingerprint density at radius 3 is 2.16 bits per heavy atom. The molecule has 0 saturated heterocycles. The van der Waals surface area contributed by atoms with E-state index in [9.17, 15) is 9.59 Å². The minimum absolute atomic E-state index is 0.0752. The highest BCUT2D eigenvalue weighted by atomic mass is 16.5. The number of ether oxygens (including phenoxy) is 3. The van der Waals surface area contributed by atoms with Crippen LogP contribution in [0.25, 0.3) is 6.08 Å². The Morgan fingerprint density at radius 2 is 1.53 bits per heavy atom. The van der Waals surface area contributed by atoms with Crippen LogP contribution in [-0.4, -0.2) is 33.1 Å². The van der Waals surface area contributed by atoms with E-state index in [1.54, 1.807) is 19.8 Å². The van der Waals surface area contributed by atoms with Gasteiger partial charge in [0, 0.05) is 6.07 Å². The zero-order chi connectivity index (χ0) is 32.7.